The van der Waals surface area contributed by atoms with Crippen LogP contribution in [0.2, 0.25) is 19.6 Å². The Balaban J connectivity index is 2.47. The third-order valence-corrected chi connectivity index (χ3v) is 3.73. The number of hydrogen-bond acceptors (Lipinski definition) is 1. The molecule has 0 aromatic rings. The highest BCUT2D eigenvalue weighted by Gasteiger charge is 2.23. The summed E-state index contributed by atoms with van der Waals surface area (Å²) in [5.41, 5.74) is 1.77. The molecule has 80 valence electrons. The number of hydrogen-bond donors (Lipinski definition) is 1. The van der Waals surface area contributed by atoms with E-state index in [4.69, 9.17) is 0 Å². The third-order valence-electron chi connectivity index (χ3n) is 2.50. The lowest BCUT2D eigenvalue weighted by Gasteiger charge is -2.26. The summed E-state index contributed by atoms with van der Waals surface area (Å²) < 4.78 is 0. The minimum atomic E-state index is -1.09. The summed E-state index contributed by atoms with van der Waals surface area (Å²) in [6, 6.07) is 0. The molecule has 1 aliphatic carbocycles. The highest BCUT2D eigenvalue weighted by molar-refractivity contribution is 6.80. The summed E-state index contributed by atoms with van der Waals surface area (Å²) in [7, 11) is -1.09. The zero-order valence-electron chi connectivity index (χ0n) is 9.59. The fourth-order valence-corrected chi connectivity index (χ4v) is 2.52. The summed E-state index contributed by atoms with van der Waals surface area (Å²) in [6.45, 7) is 6.93. The van der Waals surface area contributed by atoms with Gasteiger partial charge in [0.05, 0.1) is 13.7 Å². The molecule has 1 nitrogen and oxygen atoms in total. The van der Waals surface area contributed by atoms with Crippen molar-refractivity contribution in [1.29, 1.82) is 0 Å². The van der Waals surface area contributed by atoms with Crippen LogP contribution in [0.4, 0.5) is 0 Å². The van der Waals surface area contributed by atoms with Crippen molar-refractivity contribution < 1.29 is 5.11 Å². The molecule has 1 unspecified atom stereocenters. The normalized spacial score (nSPS) is 28.6. The topological polar surface area (TPSA) is 20.2 Å². The average molecular weight is 210 g/mol. The van der Waals surface area contributed by atoms with Crippen LogP contribution in [-0.2, 0) is 0 Å². The molecular weight excluding hydrogens is 188 g/mol. The molecule has 14 heavy (non-hydrogen) atoms. The number of allylic oxidation sites excluding steroid dienone is 1. The molecule has 0 saturated heterocycles. The van der Waals surface area contributed by atoms with E-state index in [9.17, 15) is 5.11 Å². The van der Waals surface area contributed by atoms with E-state index >= 15 is 0 Å². The van der Waals surface area contributed by atoms with Crippen LogP contribution in [0.1, 0.15) is 25.7 Å². The summed E-state index contributed by atoms with van der Waals surface area (Å²) in [5, 5.41) is 10.1. The molecule has 0 amide bonds. The standard InChI is InChI=1S/C12H22OSi/c1-14(2,3)11-7-10-12(13)8-5-4-6-9-12/h5,7-8,11,13H,4,6,9-10H2,1-3H3/b11-7+. The van der Waals surface area contributed by atoms with Crippen LogP contribution in [0.3, 0.4) is 0 Å². The van der Waals surface area contributed by atoms with Crippen LogP contribution in [0.25, 0.3) is 0 Å². The van der Waals surface area contributed by atoms with Crippen molar-refractivity contribution in [1.82, 2.24) is 0 Å². The van der Waals surface area contributed by atoms with Crippen molar-refractivity contribution in [2.75, 3.05) is 0 Å². The fourth-order valence-electron chi connectivity index (χ4n) is 1.70. The first kappa shape index (κ1) is 11.7. The van der Waals surface area contributed by atoms with Crippen molar-refractivity contribution in [3.8, 4) is 0 Å². The highest BCUT2D eigenvalue weighted by Crippen LogP contribution is 2.25. The van der Waals surface area contributed by atoms with Crippen molar-refractivity contribution in [2.24, 2.45) is 0 Å². The van der Waals surface area contributed by atoms with Crippen LogP contribution in [0, 0.1) is 0 Å². The number of rotatable bonds is 3. The van der Waals surface area contributed by atoms with Crippen molar-refractivity contribution in [3.05, 3.63) is 23.9 Å². The van der Waals surface area contributed by atoms with Gasteiger partial charge in [-0.2, -0.15) is 0 Å². The van der Waals surface area contributed by atoms with Crippen molar-refractivity contribution in [3.63, 3.8) is 0 Å². The molecule has 0 aromatic heterocycles. The lowest BCUT2D eigenvalue weighted by molar-refractivity contribution is 0.0779. The quantitative estimate of drug-likeness (QED) is 0.560. The Labute approximate surface area is 88.5 Å². The minimum absolute atomic E-state index is 0.547. The minimum Gasteiger partial charge on any atom is -0.385 e. The Morgan fingerprint density at radius 2 is 2.14 bits per heavy atom. The van der Waals surface area contributed by atoms with Crippen LogP contribution < -0.4 is 0 Å². The van der Waals surface area contributed by atoms with E-state index in [0.29, 0.717) is 0 Å². The van der Waals surface area contributed by atoms with Crippen LogP contribution in [0.15, 0.2) is 23.9 Å². The van der Waals surface area contributed by atoms with Gasteiger partial charge in [0.15, 0.2) is 0 Å². The molecule has 1 aliphatic rings. The molecule has 0 aliphatic heterocycles. The third kappa shape index (κ3) is 4.25. The van der Waals surface area contributed by atoms with Gasteiger partial charge in [-0.05, 0) is 25.7 Å². The summed E-state index contributed by atoms with van der Waals surface area (Å²) >= 11 is 0. The molecule has 0 heterocycles. The smallest absolute Gasteiger partial charge is 0.0861 e. The predicted molar refractivity (Wildman–Crippen MR) is 65.0 cm³/mol. The summed E-state index contributed by atoms with van der Waals surface area (Å²) in [6.07, 6.45) is 10.2. The molecule has 0 radical (unpaired) electrons. The lowest BCUT2D eigenvalue weighted by atomic mass is 9.88. The Morgan fingerprint density at radius 1 is 1.43 bits per heavy atom. The first-order valence-electron chi connectivity index (χ1n) is 5.49. The second-order valence-electron chi connectivity index (χ2n) is 5.37. The zero-order chi connectivity index (χ0) is 10.7. The van der Waals surface area contributed by atoms with Crippen LogP contribution >= 0.6 is 0 Å². The fraction of sp³-hybridized carbons (Fsp3) is 0.667. The van der Waals surface area contributed by atoms with Gasteiger partial charge in [-0.3, -0.25) is 0 Å². The summed E-state index contributed by atoms with van der Waals surface area (Å²) in [5.74, 6) is 0. The highest BCUT2D eigenvalue weighted by atomic mass is 28.3. The Morgan fingerprint density at radius 3 is 2.64 bits per heavy atom. The maximum absolute atomic E-state index is 10.1. The van der Waals surface area contributed by atoms with Gasteiger partial charge in [0.2, 0.25) is 0 Å². The molecule has 2 heteroatoms. The summed E-state index contributed by atoms with van der Waals surface area (Å²) in [4.78, 5) is 0. The molecule has 0 saturated carbocycles. The maximum atomic E-state index is 10.1. The second-order valence-corrected chi connectivity index (χ2v) is 10.4. The van der Waals surface area contributed by atoms with E-state index in [-0.39, 0.29) is 0 Å². The van der Waals surface area contributed by atoms with Crippen LogP contribution in [-0.4, -0.2) is 18.8 Å². The largest absolute Gasteiger partial charge is 0.385 e. The molecule has 1 atom stereocenters. The maximum Gasteiger partial charge on any atom is 0.0861 e. The van der Waals surface area contributed by atoms with Gasteiger partial charge in [0, 0.05) is 0 Å². The first-order chi connectivity index (χ1) is 6.41. The second kappa shape index (κ2) is 4.45. The van der Waals surface area contributed by atoms with Gasteiger partial charge in [-0.15, -0.1) is 0 Å². The zero-order valence-corrected chi connectivity index (χ0v) is 10.6. The van der Waals surface area contributed by atoms with Gasteiger partial charge in [-0.25, -0.2) is 0 Å². The van der Waals surface area contributed by atoms with Gasteiger partial charge in [0.25, 0.3) is 0 Å². The van der Waals surface area contributed by atoms with E-state index in [0.717, 1.165) is 25.7 Å². The predicted octanol–water partition coefficient (Wildman–Crippen LogP) is 3.28. The van der Waals surface area contributed by atoms with Gasteiger partial charge < -0.3 is 5.11 Å². The molecular formula is C12H22OSi. The molecule has 0 bridgehead atoms. The van der Waals surface area contributed by atoms with Gasteiger partial charge in [-0.1, -0.05) is 43.6 Å². The molecule has 0 fully saturated rings. The Hall–Kier alpha value is -0.343. The van der Waals surface area contributed by atoms with Crippen LogP contribution in [0.5, 0.6) is 0 Å². The molecule has 0 aromatic carbocycles. The molecule has 0 spiro atoms. The first-order valence-corrected chi connectivity index (χ1v) is 9.07. The SMILES string of the molecule is C[Si](C)(C)/C=C/CC1(O)C=CCCC1. The van der Waals surface area contributed by atoms with E-state index in [1.54, 1.807) is 0 Å². The van der Waals surface area contributed by atoms with E-state index in [1.807, 2.05) is 6.08 Å². The van der Waals surface area contributed by atoms with E-state index < -0.39 is 13.7 Å². The Bertz CT molecular complexity index is 237. The van der Waals surface area contributed by atoms with Crippen molar-refractivity contribution >= 4 is 8.07 Å². The van der Waals surface area contributed by atoms with Gasteiger partial charge >= 0.3 is 0 Å². The molecule has 1 N–H and O–H groups in total. The lowest BCUT2D eigenvalue weighted by Crippen LogP contribution is -2.27. The Kier molecular flexibility index (Phi) is 3.73. The molecule has 1 rings (SSSR count). The average Bonchev–Trinajstić information content (AvgIpc) is 2.02. The van der Waals surface area contributed by atoms with E-state index in [2.05, 4.69) is 37.5 Å². The monoisotopic (exact) mass is 210 g/mol. The van der Waals surface area contributed by atoms with Gasteiger partial charge in [0.1, 0.15) is 0 Å². The van der Waals surface area contributed by atoms with E-state index in [1.165, 1.54) is 0 Å². The van der Waals surface area contributed by atoms with Crippen molar-refractivity contribution in [2.45, 2.75) is 50.9 Å². The number of aliphatic hydroxyl groups is 1.